The molecule has 0 radical (unpaired) electrons. The molecule has 304 valence electrons. The molecule has 0 aliphatic rings. The van der Waals surface area contributed by atoms with Crippen LogP contribution in [0.1, 0.15) is 139 Å². The number of carbonyl (C=O) groups is 5. The fourth-order valence-corrected chi connectivity index (χ4v) is 7.01. The molecule has 0 aromatic heterocycles. The zero-order chi connectivity index (χ0) is 40.0. The molecule has 0 heterocycles. The number of unbranched alkanes of at least 4 members (excludes halogenated alkanes) is 4. The van der Waals surface area contributed by atoms with E-state index in [1.807, 2.05) is 39.8 Å². The van der Waals surface area contributed by atoms with E-state index in [1.165, 1.54) is 7.11 Å². The minimum atomic E-state index is -1.51. The quantitative estimate of drug-likeness (QED) is 0.0448. The lowest BCUT2D eigenvalue weighted by Gasteiger charge is -2.43. The number of esters is 4. The molecule has 0 spiro atoms. The lowest BCUT2D eigenvalue weighted by Crippen LogP contribution is -2.48. The molecule has 0 bridgehead atoms. The number of methoxy groups -OCH3 is 1. The number of carboxylic acids is 1. The van der Waals surface area contributed by atoms with Gasteiger partial charge in [0.1, 0.15) is 13.2 Å². The van der Waals surface area contributed by atoms with Gasteiger partial charge in [-0.3, -0.25) is 24.0 Å². The first kappa shape index (κ1) is 49.3. The molecule has 0 aliphatic heterocycles. The Balaban J connectivity index is 7.29. The largest absolute Gasteiger partial charge is 0.481 e. The normalized spacial score (nSPS) is 16.8. The number of hydrogen-bond donors (Lipinski definition) is 1. The van der Waals surface area contributed by atoms with Crippen molar-refractivity contribution in [2.75, 3.05) is 60.8 Å². The van der Waals surface area contributed by atoms with Crippen LogP contribution in [0.15, 0.2) is 0 Å². The second-order valence-corrected chi connectivity index (χ2v) is 15.9. The van der Waals surface area contributed by atoms with Crippen molar-refractivity contribution in [3.8, 4) is 0 Å². The van der Waals surface area contributed by atoms with Crippen molar-refractivity contribution >= 4 is 29.8 Å². The van der Waals surface area contributed by atoms with Crippen molar-refractivity contribution in [2.24, 2.45) is 27.6 Å². The fraction of sp³-hybridized carbons (Fsp3) is 0.875. The van der Waals surface area contributed by atoms with Crippen molar-refractivity contribution < 1.29 is 52.8 Å². The number of aliphatic carboxylic acids is 1. The lowest BCUT2D eigenvalue weighted by atomic mass is 9.60. The monoisotopic (exact) mass is 744 g/mol. The van der Waals surface area contributed by atoms with E-state index in [-0.39, 0.29) is 58.7 Å². The maximum absolute atomic E-state index is 14.4. The zero-order valence-electron chi connectivity index (χ0n) is 34.5. The van der Waals surface area contributed by atoms with Gasteiger partial charge in [-0.1, -0.05) is 59.8 Å². The van der Waals surface area contributed by atoms with Gasteiger partial charge in [-0.15, -0.1) is 0 Å². The van der Waals surface area contributed by atoms with Gasteiger partial charge in [0, 0.05) is 13.7 Å². The molecule has 0 fully saturated rings. The summed E-state index contributed by atoms with van der Waals surface area (Å²) in [7, 11) is 5.20. The van der Waals surface area contributed by atoms with Crippen molar-refractivity contribution in [3.63, 3.8) is 0 Å². The Morgan fingerprint density at radius 3 is 1.52 bits per heavy atom. The number of hydrogen-bond acceptors (Lipinski definition) is 11. The Morgan fingerprint density at radius 2 is 1.04 bits per heavy atom. The van der Waals surface area contributed by atoms with Crippen LogP contribution in [0.2, 0.25) is 0 Å². The molecular weight excluding hydrogens is 670 g/mol. The Morgan fingerprint density at radius 1 is 0.577 bits per heavy atom. The van der Waals surface area contributed by atoms with E-state index < -0.39 is 57.4 Å². The summed E-state index contributed by atoms with van der Waals surface area (Å²) >= 11 is 0. The van der Waals surface area contributed by atoms with E-state index in [0.29, 0.717) is 38.6 Å². The smallest absolute Gasteiger partial charge is 0.311 e. The highest BCUT2D eigenvalue weighted by Crippen LogP contribution is 2.51. The minimum Gasteiger partial charge on any atom is -0.481 e. The van der Waals surface area contributed by atoms with Gasteiger partial charge in [-0.2, -0.15) is 0 Å². The number of ether oxygens (including phenoxy) is 5. The van der Waals surface area contributed by atoms with E-state index in [9.17, 15) is 29.1 Å². The molecule has 0 saturated heterocycles. The number of carboxylic acid groups (broad SMARTS) is 1. The first-order chi connectivity index (χ1) is 24.3. The highest BCUT2D eigenvalue weighted by atomic mass is 16.6. The third-order valence-corrected chi connectivity index (χ3v) is 10.0. The summed E-state index contributed by atoms with van der Waals surface area (Å²) in [5.74, 6) is -4.21. The summed E-state index contributed by atoms with van der Waals surface area (Å²) in [5.41, 5.74) is -5.50. The van der Waals surface area contributed by atoms with Gasteiger partial charge in [-0.25, -0.2) is 0 Å². The maximum Gasteiger partial charge on any atom is 0.311 e. The molecule has 0 aromatic carbocycles. The van der Waals surface area contributed by atoms with Crippen LogP contribution >= 0.6 is 0 Å². The summed E-state index contributed by atoms with van der Waals surface area (Å²) < 4.78 is 28.1. The molecule has 12 nitrogen and oxygen atoms in total. The van der Waals surface area contributed by atoms with Gasteiger partial charge >= 0.3 is 29.8 Å². The molecule has 0 aliphatic carbocycles. The van der Waals surface area contributed by atoms with Gasteiger partial charge in [0.05, 0.1) is 47.4 Å². The molecule has 0 amide bonds. The van der Waals surface area contributed by atoms with Crippen molar-refractivity contribution in [1.29, 1.82) is 0 Å². The average Bonchev–Trinajstić information content (AvgIpc) is 3.07. The minimum absolute atomic E-state index is 0.0120. The average molecular weight is 744 g/mol. The van der Waals surface area contributed by atoms with Gasteiger partial charge in [0.15, 0.2) is 0 Å². The molecule has 52 heavy (non-hydrogen) atoms. The Kier molecular flexibility index (Phi) is 23.3. The van der Waals surface area contributed by atoms with Crippen molar-refractivity contribution in [2.45, 2.75) is 139 Å². The fourth-order valence-electron chi connectivity index (χ4n) is 7.01. The Bertz CT molecular complexity index is 1100. The molecule has 0 aromatic rings. The van der Waals surface area contributed by atoms with Gasteiger partial charge in [0.2, 0.25) is 0 Å². The van der Waals surface area contributed by atoms with Gasteiger partial charge in [0.25, 0.3) is 0 Å². The first-order valence-electron chi connectivity index (χ1n) is 19.4. The number of rotatable bonds is 30. The summed E-state index contributed by atoms with van der Waals surface area (Å²) in [6.07, 6.45) is 5.85. The van der Waals surface area contributed by atoms with Crippen LogP contribution < -0.4 is 0 Å². The zero-order valence-corrected chi connectivity index (χ0v) is 34.5. The van der Waals surface area contributed by atoms with E-state index in [2.05, 4.69) is 6.92 Å². The lowest BCUT2D eigenvalue weighted by molar-refractivity contribution is -0.173. The molecular formula is C40H73NO11. The summed E-state index contributed by atoms with van der Waals surface area (Å²) in [4.78, 5) is 70.5. The second kappa shape index (κ2) is 24.6. The summed E-state index contributed by atoms with van der Waals surface area (Å²) in [6.45, 7) is 15.6. The molecule has 0 rings (SSSR count). The predicted molar refractivity (Wildman–Crippen MR) is 201 cm³/mol. The van der Waals surface area contributed by atoms with E-state index in [0.717, 1.165) is 25.7 Å². The highest BCUT2D eigenvalue weighted by Gasteiger charge is 2.55. The van der Waals surface area contributed by atoms with Crippen LogP contribution in [0.25, 0.3) is 0 Å². The van der Waals surface area contributed by atoms with E-state index >= 15 is 0 Å². The number of likely N-dealkylation sites (N-methyl/N-ethyl adjacent to an activating group) is 1. The van der Waals surface area contributed by atoms with Crippen LogP contribution in [0, 0.1) is 27.6 Å². The standard InChI is InChI=1S/C40H73NO11/c1-12-16-18-19-23-50-35(46)39(7,28-37(5,15-4)33(44)52-26-25-48-11)30-40(8,36(47)51-24-21-41(9)10)29-38(6,34(45)49-22-17-13-2)27-31(20-14-3)32(42)43/h31H,12-30H2,1-11H3,(H,42,43). The van der Waals surface area contributed by atoms with Crippen LogP contribution in [-0.2, 0) is 47.7 Å². The van der Waals surface area contributed by atoms with Gasteiger partial charge < -0.3 is 33.7 Å². The molecule has 0 saturated carbocycles. The number of carbonyl (C=O) groups excluding carboxylic acids is 4. The summed E-state index contributed by atoms with van der Waals surface area (Å²) in [6, 6.07) is 0. The van der Waals surface area contributed by atoms with Gasteiger partial charge in [-0.05, 0) is 93.2 Å². The van der Waals surface area contributed by atoms with Crippen LogP contribution in [0.3, 0.4) is 0 Å². The van der Waals surface area contributed by atoms with Crippen LogP contribution in [0.5, 0.6) is 0 Å². The third-order valence-electron chi connectivity index (χ3n) is 10.0. The topological polar surface area (TPSA) is 155 Å². The van der Waals surface area contributed by atoms with Crippen molar-refractivity contribution in [1.82, 2.24) is 4.90 Å². The highest BCUT2D eigenvalue weighted by molar-refractivity contribution is 5.84. The molecule has 12 heteroatoms. The van der Waals surface area contributed by atoms with Crippen molar-refractivity contribution in [3.05, 3.63) is 0 Å². The van der Waals surface area contributed by atoms with E-state index in [4.69, 9.17) is 23.7 Å². The molecule has 1 N–H and O–H groups in total. The Hall–Kier alpha value is -2.73. The second-order valence-electron chi connectivity index (χ2n) is 15.9. The van der Waals surface area contributed by atoms with Crippen LogP contribution in [-0.4, -0.2) is 101 Å². The molecule has 5 atom stereocenters. The predicted octanol–water partition coefficient (Wildman–Crippen LogP) is 7.24. The summed E-state index contributed by atoms with van der Waals surface area (Å²) in [5, 5.41) is 10.2. The maximum atomic E-state index is 14.4. The number of nitrogens with zero attached hydrogens (tertiary/aromatic N) is 1. The Labute approximate surface area is 314 Å². The first-order valence-corrected chi connectivity index (χ1v) is 19.4. The SMILES string of the molecule is CCCCCCOC(=O)C(C)(CC(C)(CC)C(=O)OCCOC)CC(C)(CC(C)(CC(CCC)C(=O)O)C(=O)OCCCC)C(=O)OCCN(C)C. The van der Waals surface area contributed by atoms with Crippen LogP contribution in [0.4, 0.5) is 0 Å². The molecule has 5 unspecified atom stereocenters. The third kappa shape index (κ3) is 16.9. The van der Waals surface area contributed by atoms with E-state index in [1.54, 1.807) is 27.7 Å².